The molecule has 0 aromatic carbocycles. The first kappa shape index (κ1) is 13.4. The Morgan fingerprint density at radius 3 is 2.63 bits per heavy atom. The zero-order valence-electron chi connectivity index (χ0n) is 11.2. The Bertz CT molecular complexity index is 516. The summed E-state index contributed by atoms with van der Waals surface area (Å²) < 4.78 is 6.81. The zero-order chi connectivity index (χ0) is 14.2. The third-order valence-electron chi connectivity index (χ3n) is 2.67. The van der Waals surface area contributed by atoms with Gasteiger partial charge in [0, 0.05) is 13.1 Å². The third kappa shape index (κ3) is 2.69. The van der Waals surface area contributed by atoms with Crippen molar-refractivity contribution in [3.63, 3.8) is 0 Å². The molecule has 0 atom stereocenters. The minimum absolute atomic E-state index is 0.0864. The smallest absolute Gasteiger partial charge is 0.417 e. The highest BCUT2D eigenvalue weighted by molar-refractivity contribution is 5.89. The van der Waals surface area contributed by atoms with E-state index in [0.29, 0.717) is 25.5 Å². The fourth-order valence-electron chi connectivity index (χ4n) is 1.95. The van der Waals surface area contributed by atoms with Crippen LogP contribution in [0.2, 0.25) is 0 Å². The molecule has 1 N–H and O–H groups in total. The number of carboxylic acid groups (broad SMARTS) is 1. The van der Waals surface area contributed by atoms with Gasteiger partial charge in [0.1, 0.15) is 11.3 Å². The van der Waals surface area contributed by atoms with Crippen LogP contribution in [0.4, 0.5) is 10.7 Å². The number of carbonyl (C=O) groups is 2. The Kier molecular flexibility index (Phi) is 3.21. The van der Waals surface area contributed by atoms with Gasteiger partial charge in [-0.1, -0.05) is 0 Å². The molecule has 0 radical (unpaired) electrons. The lowest BCUT2D eigenvalue weighted by Crippen LogP contribution is -2.41. The predicted molar refractivity (Wildman–Crippen MR) is 67.4 cm³/mol. The van der Waals surface area contributed by atoms with E-state index in [1.54, 1.807) is 20.8 Å². The average molecular weight is 267 g/mol. The van der Waals surface area contributed by atoms with Gasteiger partial charge in [-0.3, -0.25) is 0 Å². The summed E-state index contributed by atoms with van der Waals surface area (Å²) in [4.78, 5) is 28.5. The number of anilines is 1. The molecule has 1 aliphatic heterocycles. The maximum atomic E-state index is 12.1. The summed E-state index contributed by atoms with van der Waals surface area (Å²) in [7, 11) is 0. The average Bonchev–Trinajstić information content (AvgIpc) is 2.69. The van der Waals surface area contributed by atoms with E-state index in [0.717, 1.165) is 0 Å². The largest absolute Gasteiger partial charge is 0.477 e. The van der Waals surface area contributed by atoms with Crippen molar-refractivity contribution in [2.45, 2.75) is 39.3 Å². The second kappa shape index (κ2) is 4.56. The molecule has 104 valence electrons. The molecular weight excluding hydrogens is 250 g/mol. The van der Waals surface area contributed by atoms with Gasteiger partial charge in [0.05, 0.1) is 6.20 Å². The molecule has 0 spiro atoms. The highest BCUT2D eigenvalue weighted by atomic mass is 16.6. The van der Waals surface area contributed by atoms with Crippen LogP contribution >= 0.6 is 0 Å². The van der Waals surface area contributed by atoms with Crippen molar-refractivity contribution in [3.05, 3.63) is 11.9 Å². The molecule has 7 heteroatoms. The van der Waals surface area contributed by atoms with E-state index < -0.39 is 17.7 Å². The van der Waals surface area contributed by atoms with Gasteiger partial charge in [0.15, 0.2) is 0 Å². The molecule has 0 aliphatic carbocycles. The molecule has 0 saturated heterocycles. The van der Waals surface area contributed by atoms with Crippen LogP contribution in [0.3, 0.4) is 0 Å². The SMILES string of the molecule is CC(C)(C)OC(=O)N1CCCn2c(C(=O)O)cnc21. The van der Waals surface area contributed by atoms with Crippen molar-refractivity contribution < 1.29 is 19.4 Å². The van der Waals surface area contributed by atoms with Gasteiger partial charge in [0.2, 0.25) is 5.95 Å². The molecule has 0 bridgehead atoms. The number of aromatic carboxylic acids is 1. The molecule has 0 unspecified atom stereocenters. The Morgan fingerprint density at radius 2 is 2.05 bits per heavy atom. The fraction of sp³-hybridized carbons (Fsp3) is 0.583. The number of amides is 1. The molecule has 2 rings (SSSR count). The highest BCUT2D eigenvalue weighted by Crippen LogP contribution is 2.23. The van der Waals surface area contributed by atoms with Crippen LogP contribution in [0.5, 0.6) is 0 Å². The van der Waals surface area contributed by atoms with Crippen molar-refractivity contribution >= 4 is 18.0 Å². The fourth-order valence-corrected chi connectivity index (χ4v) is 1.95. The van der Waals surface area contributed by atoms with Gasteiger partial charge in [-0.15, -0.1) is 0 Å². The van der Waals surface area contributed by atoms with Gasteiger partial charge in [0.25, 0.3) is 0 Å². The molecule has 1 amide bonds. The van der Waals surface area contributed by atoms with Crippen molar-refractivity contribution in [1.29, 1.82) is 0 Å². The van der Waals surface area contributed by atoms with Crippen LogP contribution in [0.1, 0.15) is 37.7 Å². The third-order valence-corrected chi connectivity index (χ3v) is 2.67. The van der Waals surface area contributed by atoms with Crippen LogP contribution in [0.25, 0.3) is 0 Å². The lowest BCUT2D eigenvalue weighted by Gasteiger charge is -2.30. The number of carbonyl (C=O) groups excluding carboxylic acids is 1. The number of hydrogen-bond donors (Lipinski definition) is 1. The van der Waals surface area contributed by atoms with Crippen LogP contribution < -0.4 is 4.90 Å². The molecule has 0 saturated carbocycles. The topological polar surface area (TPSA) is 84.7 Å². The van der Waals surface area contributed by atoms with Crippen LogP contribution in [-0.4, -0.2) is 38.9 Å². The van der Waals surface area contributed by atoms with E-state index in [1.807, 2.05) is 0 Å². The highest BCUT2D eigenvalue weighted by Gasteiger charge is 2.30. The standard InChI is InChI=1S/C12H17N3O4/c1-12(2,3)19-11(18)15-6-4-5-14-8(9(16)17)7-13-10(14)15/h7H,4-6H2,1-3H3,(H,16,17). The first-order valence-corrected chi connectivity index (χ1v) is 6.09. The Labute approximate surface area is 110 Å². The maximum Gasteiger partial charge on any atom is 0.417 e. The summed E-state index contributed by atoms with van der Waals surface area (Å²) in [6.45, 7) is 6.36. The van der Waals surface area contributed by atoms with E-state index in [9.17, 15) is 9.59 Å². The number of hydrogen-bond acceptors (Lipinski definition) is 4. The second-order valence-electron chi connectivity index (χ2n) is 5.39. The Hall–Kier alpha value is -2.05. The predicted octanol–water partition coefficient (Wildman–Crippen LogP) is 1.73. The number of fused-ring (bicyclic) bond motifs is 1. The number of nitrogens with zero attached hydrogens (tertiary/aromatic N) is 3. The summed E-state index contributed by atoms with van der Waals surface area (Å²) in [5.74, 6) is -0.720. The normalized spacial score (nSPS) is 15.0. The first-order chi connectivity index (χ1) is 8.79. The van der Waals surface area contributed by atoms with Gasteiger partial charge >= 0.3 is 12.1 Å². The van der Waals surface area contributed by atoms with Gasteiger partial charge in [-0.2, -0.15) is 0 Å². The van der Waals surface area contributed by atoms with Crippen molar-refractivity contribution in [3.8, 4) is 0 Å². The molecular formula is C12H17N3O4. The van der Waals surface area contributed by atoms with Crippen molar-refractivity contribution in [2.75, 3.05) is 11.4 Å². The minimum atomic E-state index is -1.05. The molecule has 19 heavy (non-hydrogen) atoms. The lowest BCUT2D eigenvalue weighted by molar-refractivity contribution is 0.0567. The Balaban J connectivity index is 2.28. The molecule has 1 aromatic heterocycles. The summed E-state index contributed by atoms with van der Waals surface area (Å²) in [6.07, 6.45) is 1.43. The van der Waals surface area contributed by atoms with Crippen LogP contribution in [0, 0.1) is 0 Å². The molecule has 2 heterocycles. The summed E-state index contributed by atoms with van der Waals surface area (Å²) in [5, 5.41) is 9.05. The maximum absolute atomic E-state index is 12.1. The van der Waals surface area contributed by atoms with E-state index in [1.165, 1.54) is 15.7 Å². The van der Waals surface area contributed by atoms with Crippen LogP contribution in [-0.2, 0) is 11.3 Å². The van der Waals surface area contributed by atoms with Crippen molar-refractivity contribution in [1.82, 2.24) is 9.55 Å². The van der Waals surface area contributed by atoms with Gasteiger partial charge in [-0.25, -0.2) is 19.5 Å². The Morgan fingerprint density at radius 1 is 1.37 bits per heavy atom. The minimum Gasteiger partial charge on any atom is -0.477 e. The lowest BCUT2D eigenvalue weighted by atomic mass is 10.2. The van der Waals surface area contributed by atoms with Gasteiger partial charge in [-0.05, 0) is 27.2 Å². The number of imidazole rings is 1. The number of ether oxygens (including phenoxy) is 1. The molecule has 1 aliphatic rings. The number of aromatic nitrogens is 2. The van der Waals surface area contributed by atoms with Gasteiger partial charge < -0.3 is 14.4 Å². The monoisotopic (exact) mass is 267 g/mol. The summed E-state index contributed by atoms with van der Waals surface area (Å²) in [6, 6.07) is 0. The summed E-state index contributed by atoms with van der Waals surface area (Å²) in [5.41, 5.74) is -0.509. The van der Waals surface area contributed by atoms with E-state index in [2.05, 4.69) is 4.98 Å². The number of rotatable bonds is 1. The van der Waals surface area contributed by atoms with E-state index >= 15 is 0 Å². The molecule has 7 nitrogen and oxygen atoms in total. The summed E-state index contributed by atoms with van der Waals surface area (Å²) >= 11 is 0. The zero-order valence-corrected chi connectivity index (χ0v) is 11.2. The van der Waals surface area contributed by atoms with E-state index in [-0.39, 0.29) is 5.69 Å². The van der Waals surface area contributed by atoms with E-state index in [4.69, 9.17) is 9.84 Å². The number of carboxylic acids is 1. The van der Waals surface area contributed by atoms with Crippen molar-refractivity contribution in [2.24, 2.45) is 0 Å². The second-order valence-corrected chi connectivity index (χ2v) is 5.39. The molecule has 0 fully saturated rings. The van der Waals surface area contributed by atoms with Crippen LogP contribution in [0.15, 0.2) is 6.20 Å². The first-order valence-electron chi connectivity index (χ1n) is 6.09. The quantitative estimate of drug-likeness (QED) is 0.837. The molecule has 1 aromatic rings.